The summed E-state index contributed by atoms with van der Waals surface area (Å²) >= 11 is 0. The largest absolute Gasteiger partial charge is 0.493 e. The van der Waals surface area contributed by atoms with Gasteiger partial charge in [-0.25, -0.2) is 4.79 Å². The maximum Gasteiger partial charge on any atom is 0.338 e. The molecule has 0 atom stereocenters. The van der Waals surface area contributed by atoms with Gasteiger partial charge in [-0.15, -0.1) is 0 Å². The first-order valence-electron chi connectivity index (χ1n) is 6.65. The van der Waals surface area contributed by atoms with Crippen molar-refractivity contribution in [2.75, 3.05) is 48.6 Å². The molecule has 0 saturated carbocycles. The van der Waals surface area contributed by atoms with E-state index in [9.17, 15) is 4.79 Å². The molecule has 6 heteroatoms. The Morgan fingerprint density at radius 1 is 1.10 bits per heavy atom. The Balaban J connectivity index is 2.93. The minimum Gasteiger partial charge on any atom is -0.493 e. The molecule has 0 aliphatic rings. The quantitative estimate of drug-likeness (QED) is 0.539. The lowest BCUT2D eigenvalue weighted by molar-refractivity contribution is 0.0599. The van der Waals surface area contributed by atoms with E-state index in [-0.39, 0.29) is 0 Å². The maximum atomic E-state index is 11.6. The van der Waals surface area contributed by atoms with E-state index in [0.717, 1.165) is 13.0 Å². The van der Waals surface area contributed by atoms with Gasteiger partial charge in [0.25, 0.3) is 0 Å². The van der Waals surface area contributed by atoms with Crippen LogP contribution in [0.5, 0.6) is 17.2 Å². The Kier molecular flexibility index (Phi) is 6.81. The molecular formula is C15H23NO5. The van der Waals surface area contributed by atoms with E-state index < -0.39 is 5.97 Å². The molecule has 0 amide bonds. The molecule has 0 saturated heterocycles. The molecule has 0 heterocycles. The van der Waals surface area contributed by atoms with Crippen LogP contribution in [0.3, 0.4) is 0 Å². The fraction of sp³-hybridized carbons (Fsp3) is 0.533. The molecule has 21 heavy (non-hydrogen) atoms. The van der Waals surface area contributed by atoms with Crippen LogP contribution in [0, 0.1) is 0 Å². The molecule has 0 aromatic heterocycles. The van der Waals surface area contributed by atoms with Crippen LogP contribution in [0.2, 0.25) is 0 Å². The summed E-state index contributed by atoms with van der Waals surface area (Å²) in [7, 11) is 8.37. The van der Waals surface area contributed by atoms with E-state index in [0.29, 0.717) is 29.4 Å². The van der Waals surface area contributed by atoms with E-state index >= 15 is 0 Å². The molecule has 0 N–H and O–H groups in total. The van der Waals surface area contributed by atoms with Gasteiger partial charge in [0.2, 0.25) is 5.75 Å². The number of nitrogens with zero attached hydrogens (tertiary/aromatic N) is 1. The highest BCUT2D eigenvalue weighted by Gasteiger charge is 2.17. The Morgan fingerprint density at radius 2 is 1.67 bits per heavy atom. The monoisotopic (exact) mass is 297 g/mol. The Bertz CT molecular complexity index is 448. The zero-order chi connectivity index (χ0) is 15.8. The van der Waals surface area contributed by atoms with E-state index in [4.69, 9.17) is 18.9 Å². The van der Waals surface area contributed by atoms with E-state index in [1.54, 1.807) is 12.1 Å². The molecule has 0 bridgehead atoms. The topological polar surface area (TPSA) is 57.2 Å². The number of ether oxygens (including phenoxy) is 4. The molecule has 0 unspecified atom stereocenters. The molecule has 0 aliphatic carbocycles. The number of methoxy groups -OCH3 is 3. The van der Waals surface area contributed by atoms with Crippen molar-refractivity contribution in [1.82, 2.24) is 4.90 Å². The summed E-state index contributed by atoms with van der Waals surface area (Å²) in [6.07, 6.45) is 0.873. The molecule has 0 radical (unpaired) electrons. The molecule has 0 aliphatic heterocycles. The van der Waals surface area contributed by atoms with Crippen molar-refractivity contribution in [3.63, 3.8) is 0 Å². The number of benzene rings is 1. The van der Waals surface area contributed by atoms with Crippen molar-refractivity contribution >= 4 is 5.97 Å². The minimum atomic E-state index is -0.453. The summed E-state index contributed by atoms with van der Waals surface area (Å²) in [5.41, 5.74) is 0.354. The molecule has 1 aromatic carbocycles. The smallest absolute Gasteiger partial charge is 0.338 e. The number of carbonyl (C=O) groups excluding carboxylic acids is 1. The SMILES string of the molecule is COC(=O)c1cc(OC)c(OCCCN(C)C)c(OC)c1. The van der Waals surface area contributed by atoms with Crippen molar-refractivity contribution in [3.8, 4) is 17.2 Å². The minimum absolute atomic E-state index is 0.354. The van der Waals surface area contributed by atoms with Crippen LogP contribution in [-0.2, 0) is 4.74 Å². The molecule has 1 rings (SSSR count). The zero-order valence-electron chi connectivity index (χ0n) is 13.3. The third-order valence-corrected chi connectivity index (χ3v) is 2.88. The highest BCUT2D eigenvalue weighted by Crippen LogP contribution is 2.38. The van der Waals surface area contributed by atoms with Gasteiger partial charge in [-0.1, -0.05) is 0 Å². The first-order chi connectivity index (χ1) is 10.0. The molecule has 0 fully saturated rings. The average molecular weight is 297 g/mol. The lowest BCUT2D eigenvalue weighted by Crippen LogP contribution is -2.16. The standard InChI is InChI=1S/C15H23NO5/c1-16(2)7-6-8-21-14-12(18-3)9-11(15(17)20-5)10-13(14)19-4/h9-10H,6-8H2,1-5H3. The molecule has 6 nitrogen and oxygen atoms in total. The van der Waals surface area contributed by atoms with Crippen LogP contribution in [0.15, 0.2) is 12.1 Å². The van der Waals surface area contributed by atoms with E-state index in [2.05, 4.69) is 4.90 Å². The number of esters is 1. The lowest BCUT2D eigenvalue weighted by Gasteiger charge is -2.16. The van der Waals surface area contributed by atoms with Crippen LogP contribution in [0.25, 0.3) is 0 Å². The first kappa shape index (κ1) is 17.1. The zero-order valence-corrected chi connectivity index (χ0v) is 13.3. The fourth-order valence-electron chi connectivity index (χ4n) is 1.81. The van der Waals surface area contributed by atoms with Crippen LogP contribution in [0.1, 0.15) is 16.8 Å². The van der Waals surface area contributed by atoms with Gasteiger partial charge in [-0.05, 0) is 32.6 Å². The molecule has 118 valence electrons. The summed E-state index contributed by atoms with van der Waals surface area (Å²) in [4.78, 5) is 13.7. The van der Waals surface area contributed by atoms with Crippen LogP contribution in [-0.4, -0.2) is 59.4 Å². The van der Waals surface area contributed by atoms with Gasteiger partial charge >= 0.3 is 5.97 Å². The summed E-state index contributed by atoms with van der Waals surface area (Å²) in [6, 6.07) is 3.16. The van der Waals surface area contributed by atoms with Gasteiger partial charge in [0.1, 0.15) is 0 Å². The van der Waals surface area contributed by atoms with Crippen molar-refractivity contribution in [2.24, 2.45) is 0 Å². The number of rotatable bonds is 8. The van der Waals surface area contributed by atoms with Gasteiger partial charge in [0, 0.05) is 6.54 Å². The average Bonchev–Trinajstić information content (AvgIpc) is 2.49. The molecule has 1 aromatic rings. The third kappa shape index (κ3) is 4.82. The molecule has 0 spiro atoms. The highest BCUT2D eigenvalue weighted by molar-refractivity contribution is 5.91. The first-order valence-corrected chi connectivity index (χ1v) is 6.65. The van der Waals surface area contributed by atoms with Crippen LogP contribution >= 0.6 is 0 Å². The van der Waals surface area contributed by atoms with Gasteiger partial charge in [-0.3, -0.25) is 0 Å². The summed E-state index contributed by atoms with van der Waals surface area (Å²) in [6.45, 7) is 1.45. The summed E-state index contributed by atoms with van der Waals surface area (Å²) < 4.78 is 21.0. The van der Waals surface area contributed by atoms with E-state index in [1.807, 2.05) is 14.1 Å². The van der Waals surface area contributed by atoms with Crippen molar-refractivity contribution < 1.29 is 23.7 Å². The van der Waals surface area contributed by atoms with Crippen LogP contribution < -0.4 is 14.2 Å². The number of hydrogen-bond donors (Lipinski definition) is 0. The van der Waals surface area contributed by atoms with Gasteiger partial charge < -0.3 is 23.8 Å². The Morgan fingerprint density at radius 3 is 2.10 bits per heavy atom. The Labute approximate surface area is 125 Å². The van der Waals surface area contributed by atoms with Crippen LogP contribution in [0.4, 0.5) is 0 Å². The second-order valence-electron chi connectivity index (χ2n) is 4.71. The Hall–Kier alpha value is -1.95. The van der Waals surface area contributed by atoms with Crippen molar-refractivity contribution in [3.05, 3.63) is 17.7 Å². The van der Waals surface area contributed by atoms with Crippen molar-refractivity contribution in [1.29, 1.82) is 0 Å². The second kappa shape index (κ2) is 8.36. The van der Waals surface area contributed by atoms with Crippen molar-refractivity contribution in [2.45, 2.75) is 6.42 Å². The van der Waals surface area contributed by atoms with E-state index in [1.165, 1.54) is 21.3 Å². The summed E-state index contributed by atoms with van der Waals surface area (Å²) in [5, 5.41) is 0. The second-order valence-corrected chi connectivity index (χ2v) is 4.71. The van der Waals surface area contributed by atoms with Gasteiger partial charge in [-0.2, -0.15) is 0 Å². The predicted octanol–water partition coefficient (Wildman–Crippen LogP) is 1.82. The number of carbonyl (C=O) groups is 1. The maximum absolute atomic E-state index is 11.6. The lowest BCUT2D eigenvalue weighted by atomic mass is 10.2. The normalized spacial score (nSPS) is 10.4. The van der Waals surface area contributed by atoms with Gasteiger partial charge in [0.15, 0.2) is 11.5 Å². The third-order valence-electron chi connectivity index (χ3n) is 2.88. The fourth-order valence-corrected chi connectivity index (χ4v) is 1.81. The predicted molar refractivity (Wildman–Crippen MR) is 79.6 cm³/mol. The summed E-state index contributed by atoms with van der Waals surface area (Å²) in [5.74, 6) is 0.927. The number of hydrogen-bond acceptors (Lipinski definition) is 6. The van der Waals surface area contributed by atoms with Gasteiger partial charge in [0.05, 0.1) is 33.5 Å². The molecular weight excluding hydrogens is 274 g/mol. The highest BCUT2D eigenvalue weighted by atomic mass is 16.5.